The number of carboxylic acid groups (broad SMARTS) is 1. The SMILES string of the molecule is Cc1cc(N2C[C@@H]3CCOC[C@]3(C(=O)O)C2)nc2cc(Cl)ccc12. The number of hydrogen-bond acceptors (Lipinski definition) is 4. The highest BCUT2D eigenvalue weighted by molar-refractivity contribution is 6.31. The van der Waals surface area contributed by atoms with Crippen LogP contribution in [0, 0.1) is 18.3 Å². The average molecular weight is 347 g/mol. The maximum Gasteiger partial charge on any atom is 0.314 e. The number of anilines is 1. The third-order valence-electron chi connectivity index (χ3n) is 5.38. The number of aliphatic carboxylic acids is 1. The van der Waals surface area contributed by atoms with Crippen molar-refractivity contribution in [3.63, 3.8) is 0 Å². The molecular weight excluding hydrogens is 328 g/mol. The molecule has 2 aliphatic rings. The number of ether oxygens (including phenoxy) is 1. The lowest BCUT2D eigenvalue weighted by Crippen LogP contribution is -2.46. The highest BCUT2D eigenvalue weighted by Gasteiger charge is 2.54. The molecule has 0 radical (unpaired) electrons. The van der Waals surface area contributed by atoms with Gasteiger partial charge in [-0.2, -0.15) is 0 Å². The van der Waals surface area contributed by atoms with E-state index in [1.165, 1.54) is 0 Å². The number of aromatic nitrogens is 1. The van der Waals surface area contributed by atoms with Crippen LogP contribution in [-0.4, -0.2) is 42.4 Å². The number of nitrogens with zero attached hydrogens (tertiary/aromatic N) is 2. The van der Waals surface area contributed by atoms with Gasteiger partial charge in [-0.1, -0.05) is 17.7 Å². The minimum atomic E-state index is -0.822. The van der Waals surface area contributed by atoms with E-state index in [-0.39, 0.29) is 12.5 Å². The largest absolute Gasteiger partial charge is 0.481 e. The molecule has 126 valence electrons. The van der Waals surface area contributed by atoms with Crippen LogP contribution < -0.4 is 4.90 Å². The van der Waals surface area contributed by atoms with Gasteiger partial charge in [0.15, 0.2) is 0 Å². The van der Waals surface area contributed by atoms with E-state index >= 15 is 0 Å². The van der Waals surface area contributed by atoms with Crippen molar-refractivity contribution in [2.24, 2.45) is 11.3 Å². The van der Waals surface area contributed by atoms with E-state index in [1.807, 2.05) is 31.2 Å². The van der Waals surface area contributed by atoms with Gasteiger partial charge in [0.1, 0.15) is 11.2 Å². The zero-order chi connectivity index (χ0) is 16.9. The van der Waals surface area contributed by atoms with Crippen LogP contribution in [0.25, 0.3) is 10.9 Å². The van der Waals surface area contributed by atoms with Crippen LogP contribution in [0.2, 0.25) is 5.02 Å². The number of fused-ring (bicyclic) bond motifs is 2. The molecule has 0 amide bonds. The van der Waals surface area contributed by atoms with Gasteiger partial charge in [0.05, 0.1) is 12.1 Å². The van der Waals surface area contributed by atoms with Gasteiger partial charge < -0.3 is 14.7 Å². The summed E-state index contributed by atoms with van der Waals surface area (Å²) in [5.41, 5.74) is 1.13. The second kappa shape index (κ2) is 5.60. The Morgan fingerprint density at radius 2 is 2.29 bits per heavy atom. The maximum atomic E-state index is 11.9. The summed E-state index contributed by atoms with van der Waals surface area (Å²) in [6, 6.07) is 7.72. The topological polar surface area (TPSA) is 62.7 Å². The molecule has 24 heavy (non-hydrogen) atoms. The Kier molecular flexibility index (Phi) is 3.66. The molecule has 0 bridgehead atoms. The van der Waals surface area contributed by atoms with Gasteiger partial charge in [0.2, 0.25) is 0 Å². The van der Waals surface area contributed by atoms with Gasteiger partial charge in [-0.3, -0.25) is 4.79 Å². The summed E-state index contributed by atoms with van der Waals surface area (Å²) in [7, 11) is 0. The Morgan fingerprint density at radius 1 is 1.46 bits per heavy atom. The Labute approximate surface area is 145 Å². The molecule has 0 spiro atoms. The monoisotopic (exact) mass is 346 g/mol. The number of aryl methyl sites for hydroxylation is 1. The average Bonchev–Trinajstić information content (AvgIpc) is 2.95. The molecule has 2 atom stereocenters. The normalized spacial score (nSPS) is 26.6. The highest BCUT2D eigenvalue weighted by atomic mass is 35.5. The maximum absolute atomic E-state index is 11.9. The van der Waals surface area contributed by atoms with Crippen molar-refractivity contribution >= 4 is 34.3 Å². The molecule has 6 heteroatoms. The van der Waals surface area contributed by atoms with Crippen molar-refractivity contribution in [3.05, 3.63) is 34.9 Å². The lowest BCUT2D eigenvalue weighted by atomic mass is 9.76. The fourth-order valence-corrected chi connectivity index (χ4v) is 4.15. The summed E-state index contributed by atoms with van der Waals surface area (Å²) >= 11 is 6.10. The molecule has 2 saturated heterocycles. The molecule has 2 fully saturated rings. The number of halogens is 1. The Balaban J connectivity index is 1.74. The summed E-state index contributed by atoms with van der Waals surface area (Å²) in [6.07, 6.45) is 0.779. The van der Waals surface area contributed by atoms with Gasteiger partial charge in [-0.15, -0.1) is 0 Å². The van der Waals surface area contributed by atoms with E-state index in [4.69, 9.17) is 21.3 Å². The summed E-state index contributed by atoms with van der Waals surface area (Å²) < 4.78 is 5.50. The van der Waals surface area contributed by atoms with Gasteiger partial charge in [0.25, 0.3) is 0 Å². The predicted molar refractivity (Wildman–Crippen MR) is 92.7 cm³/mol. The van der Waals surface area contributed by atoms with Gasteiger partial charge in [-0.25, -0.2) is 4.98 Å². The van der Waals surface area contributed by atoms with E-state index < -0.39 is 11.4 Å². The van der Waals surface area contributed by atoms with Crippen LogP contribution in [0.5, 0.6) is 0 Å². The zero-order valence-corrected chi connectivity index (χ0v) is 14.2. The van der Waals surface area contributed by atoms with E-state index in [9.17, 15) is 9.90 Å². The van der Waals surface area contributed by atoms with E-state index in [1.54, 1.807) is 0 Å². The summed E-state index contributed by atoms with van der Waals surface area (Å²) in [6.45, 7) is 4.09. The number of carbonyl (C=O) groups is 1. The molecule has 0 aliphatic carbocycles. The fourth-order valence-electron chi connectivity index (χ4n) is 3.98. The third-order valence-corrected chi connectivity index (χ3v) is 5.62. The standard InChI is InChI=1S/C18H19ClN2O3/c1-11-6-16(20-15-7-13(19)2-3-14(11)15)21-8-12-4-5-24-10-18(12,9-21)17(22)23/h2-3,6-7,12H,4-5,8-10H2,1H3,(H,22,23)/t12-,18+/m0/s1. The van der Waals surface area contributed by atoms with Crippen molar-refractivity contribution in [2.75, 3.05) is 31.2 Å². The number of rotatable bonds is 2. The fraction of sp³-hybridized carbons (Fsp3) is 0.444. The van der Waals surface area contributed by atoms with Crippen molar-refractivity contribution in [2.45, 2.75) is 13.3 Å². The van der Waals surface area contributed by atoms with E-state index in [0.717, 1.165) is 28.7 Å². The first-order valence-electron chi connectivity index (χ1n) is 8.13. The van der Waals surface area contributed by atoms with Gasteiger partial charge in [-0.05, 0) is 43.0 Å². The molecule has 3 heterocycles. The Morgan fingerprint density at radius 3 is 3.04 bits per heavy atom. The Hall–Kier alpha value is -1.85. The summed E-state index contributed by atoms with van der Waals surface area (Å²) in [5, 5.41) is 11.5. The predicted octanol–water partition coefficient (Wildman–Crippen LogP) is 3.12. The molecular formula is C18H19ClN2O3. The quantitative estimate of drug-likeness (QED) is 0.905. The van der Waals surface area contributed by atoms with Crippen LogP contribution in [0.1, 0.15) is 12.0 Å². The molecule has 1 aromatic carbocycles. The van der Waals surface area contributed by atoms with Crippen molar-refractivity contribution in [1.29, 1.82) is 0 Å². The van der Waals surface area contributed by atoms with Crippen LogP contribution in [0.3, 0.4) is 0 Å². The number of carboxylic acids is 1. The van der Waals surface area contributed by atoms with Crippen LogP contribution >= 0.6 is 11.6 Å². The number of benzene rings is 1. The van der Waals surface area contributed by atoms with Crippen LogP contribution in [0.4, 0.5) is 5.82 Å². The highest BCUT2D eigenvalue weighted by Crippen LogP contribution is 2.43. The minimum Gasteiger partial charge on any atom is -0.481 e. The molecule has 1 aromatic heterocycles. The van der Waals surface area contributed by atoms with Crippen molar-refractivity contribution in [1.82, 2.24) is 4.98 Å². The summed E-state index contributed by atoms with van der Waals surface area (Å²) in [5.74, 6) is 0.147. The second-order valence-electron chi connectivity index (χ2n) is 6.84. The number of pyridine rings is 1. The zero-order valence-electron chi connectivity index (χ0n) is 13.5. The Bertz CT molecular complexity index is 825. The molecule has 5 nitrogen and oxygen atoms in total. The first-order chi connectivity index (χ1) is 11.5. The van der Waals surface area contributed by atoms with Crippen molar-refractivity contribution < 1.29 is 14.6 Å². The molecule has 2 aromatic rings. The van der Waals surface area contributed by atoms with E-state index in [0.29, 0.717) is 24.7 Å². The minimum absolute atomic E-state index is 0.0981. The third kappa shape index (κ3) is 2.34. The first-order valence-corrected chi connectivity index (χ1v) is 8.50. The lowest BCUT2D eigenvalue weighted by molar-refractivity contribution is -0.159. The number of hydrogen-bond donors (Lipinski definition) is 1. The van der Waals surface area contributed by atoms with E-state index in [2.05, 4.69) is 4.90 Å². The molecule has 1 N–H and O–H groups in total. The lowest BCUT2D eigenvalue weighted by Gasteiger charge is -2.33. The molecule has 0 unspecified atom stereocenters. The molecule has 2 aliphatic heterocycles. The second-order valence-corrected chi connectivity index (χ2v) is 7.28. The van der Waals surface area contributed by atoms with Crippen molar-refractivity contribution in [3.8, 4) is 0 Å². The smallest absolute Gasteiger partial charge is 0.314 e. The van der Waals surface area contributed by atoms with Gasteiger partial charge in [0, 0.05) is 30.1 Å². The first kappa shape index (κ1) is 15.7. The van der Waals surface area contributed by atoms with Crippen LogP contribution in [-0.2, 0) is 9.53 Å². The molecule has 4 rings (SSSR count). The van der Waals surface area contributed by atoms with Gasteiger partial charge >= 0.3 is 5.97 Å². The molecule has 0 saturated carbocycles. The summed E-state index contributed by atoms with van der Waals surface area (Å²) in [4.78, 5) is 18.7. The van der Waals surface area contributed by atoms with Crippen LogP contribution in [0.15, 0.2) is 24.3 Å².